The zero-order chi connectivity index (χ0) is 12.1. The molecule has 0 aliphatic heterocycles. The van der Waals surface area contributed by atoms with Crippen molar-refractivity contribution >= 4 is 5.91 Å². The van der Waals surface area contributed by atoms with Gasteiger partial charge < -0.3 is 9.88 Å². The van der Waals surface area contributed by atoms with Crippen LogP contribution in [0.5, 0.6) is 0 Å². The largest absolute Gasteiger partial charge is 0.354 e. The van der Waals surface area contributed by atoms with Gasteiger partial charge in [-0.25, -0.2) is 0 Å². The Hall–Kier alpha value is -1.58. The Bertz CT molecular complexity index is 421. The summed E-state index contributed by atoms with van der Waals surface area (Å²) in [6.07, 6.45) is 2.04. The predicted octanol–water partition coefficient (Wildman–Crippen LogP) is 1.07. The third kappa shape index (κ3) is 3.53. The number of hydrogen-bond donors (Lipinski definition) is 1. The lowest BCUT2D eigenvalue weighted by molar-refractivity contribution is -0.121. The first kappa shape index (κ1) is 12.5. The molecule has 0 fully saturated rings. The Morgan fingerprint density at radius 1 is 1.50 bits per heavy atom. The summed E-state index contributed by atoms with van der Waals surface area (Å²) in [5, 5.41) is 2.79. The van der Waals surface area contributed by atoms with Gasteiger partial charge in [-0.2, -0.15) is 0 Å². The first-order valence-electron chi connectivity index (χ1n) is 5.46. The predicted molar refractivity (Wildman–Crippen MR) is 63.3 cm³/mol. The molecule has 0 aliphatic carbocycles. The van der Waals surface area contributed by atoms with Gasteiger partial charge in [0.15, 0.2) is 0 Å². The average Bonchev–Trinajstić information content (AvgIpc) is 2.19. The van der Waals surface area contributed by atoms with E-state index in [0.717, 1.165) is 0 Å². The van der Waals surface area contributed by atoms with Crippen molar-refractivity contribution in [1.82, 2.24) is 9.88 Å². The van der Waals surface area contributed by atoms with Crippen molar-refractivity contribution in [2.24, 2.45) is 0 Å². The topological polar surface area (TPSA) is 51.1 Å². The van der Waals surface area contributed by atoms with Crippen molar-refractivity contribution in [2.75, 3.05) is 0 Å². The van der Waals surface area contributed by atoms with Crippen molar-refractivity contribution in [3.63, 3.8) is 0 Å². The van der Waals surface area contributed by atoms with Gasteiger partial charge in [-0.05, 0) is 26.8 Å². The summed E-state index contributed by atoms with van der Waals surface area (Å²) in [4.78, 5) is 23.0. The first-order chi connectivity index (χ1) is 7.50. The van der Waals surface area contributed by atoms with Gasteiger partial charge in [0.05, 0.1) is 0 Å². The Morgan fingerprint density at radius 3 is 2.81 bits per heavy atom. The number of amides is 1. The number of carbonyl (C=O) groups excluding carboxylic acids is 1. The summed E-state index contributed by atoms with van der Waals surface area (Å²) in [5.41, 5.74) is 0.673. The number of rotatable bonds is 4. The van der Waals surface area contributed by atoms with Gasteiger partial charge in [0.25, 0.3) is 5.56 Å². The lowest BCUT2D eigenvalue weighted by Gasteiger charge is -2.09. The van der Waals surface area contributed by atoms with Crippen LogP contribution in [0.2, 0.25) is 0 Å². The molecule has 1 N–H and O–H groups in total. The molecule has 0 spiro atoms. The number of carbonyl (C=O) groups is 1. The summed E-state index contributed by atoms with van der Waals surface area (Å²) in [7, 11) is 0. The minimum absolute atomic E-state index is 0.0246. The average molecular weight is 222 g/mol. The molecule has 0 unspecified atom stereocenters. The molecule has 1 amide bonds. The monoisotopic (exact) mass is 222 g/mol. The van der Waals surface area contributed by atoms with E-state index >= 15 is 0 Å². The van der Waals surface area contributed by atoms with Gasteiger partial charge in [-0.15, -0.1) is 0 Å². The first-order valence-corrected chi connectivity index (χ1v) is 5.46. The number of hydrogen-bond acceptors (Lipinski definition) is 2. The maximum Gasteiger partial charge on any atom is 0.253 e. The van der Waals surface area contributed by atoms with Gasteiger partial charge in [-0.1, -0.05) is 6.07 Å². The molecule has 1 heterocycles. The highest BCUT2D eigenvalue weighted by Gasteiger charge is 2.04. The zero-order valence-corrected chi connectivity index (χ0v) is 9.99. The van der Waals surface area contributed by atoms with Crippen LogP contribution in [0.15, 0.2) is 23.1 Å². The van der Waals surface area contributed by atoms with Crippen LogP contribution < -0.4 is 10.9 Å². The molecule has 16 heavy (non-hydrogen) atoms. The van der Waals surface area contributed by atoms with E-state index < -0.39 is 0 Å². The highest BCUT2D eigenvalue weighted by Crippen LogP contribution is 1.92. The van der Waals surface area contributed by atoms with Gasteiger partial charge in [0.2, 0.25) is 5.91 Å². The van der Waals surface area contributed by atoms with Crippen LogP contribution in [0, 0.1) is 6.92 Å². The van der Waals surface area contributed by atoms with Gasteiger partial charge in [-0.3, -0.25) is 9.59 Å². The van der Waals surface area contributed by atoms with Crippen molar-refractivity contribution in [1.29, 1.82) is 0 Å². The highest BCUT2D eigenvalue weighted by atomic mass is 16.2. The molecule has 1 rings (SSSR count). The van der Waals surface area contributed by atoms with Crippen molar-refractivity contribution < 1.29 is 4.79 Å². The summed E-state index contributed by atoms with van der Waals surface area (Å²) < 4.78 is 1.56. The molecule has 0 radical (unpaired) electrons. The summed E-state index contributed by atoms with van der Waals surface area (Å²) >= 11 is 0. The summed E-state index contributed by atoms with van der Waals surface area (Å²) in [6, 6.07) is 3.73. The standard InChI is InChI=1S/C12H18N2O2/c1-9(2)13-11(15)6-8-14-7-4-5-10(3)12(14)16/h4-5,7,9H,6,8H2,1-3H3,(H,13,15). The molecule has 4 heteroatoms. The fraction of sp³-hybridized carbons (Fsp3) is 0.500. The van der Waals surface area contributed by atoms with Gasteiger partial charge >= 0.3 is 0 Å². The van der Waals surface area contributed by atoms with Crippen LogP contribution in [0.1, 0.15) is 25.8 Å². The molecule has 1 aromatic rings. The van der Waals surface area contributed by atoms with E-state index in [0.29, 0.717) is 18.5 Å². The van der Waals surface area contributed by atoms with Crippen LogP contribution in [0.3, 0.4) is 0 Å². The molecule has 0 bridgehead atoms. The fourth-order valence-electron chi connectivity index (χ4n) is 1.45. The van der Waals surface area contributed by atoms with Crippen LogP contribution >= 0.6 is 0 Å². The normalized spacial score (nSPS) is 10.5. The Kier molecular flexibility index (Phi) is 4.28. The van der Waals surface area contributed by atoms with Crippen LogP contribution in [-0.2, 0) is 11.3 Å². The van der Waals surface area contributed by atoms with Crippen molar-refractivity contribution in [3.8, 4) is 0 Å². The molecule has 88 valence electrons. The van der Waals surface area contributed by atoms with E-state index in [1.165, 1.54) is 0 Å². The van der Waals surface area contributed by atoms with Crippen molar-refractivity contribution in [3.05, 3.63) is 34.2 Å². The number of aromatic nitrogens is 1. The van der Waals surface area contributed by atoms with Gasteiger partial charge in [0.1, 0.15) is 0 Å². The Labute approximate surface area is 95.3 Å². The molecular formula is C12H18N2O2. The lowest BCUT2D eigenvalue weighted by atomic mass is 10.3. The number of nitrogens with zero attached hydrogens (tertiary/aromatic N) is 1. The minimum atomic E-state index is -0.0279. The van der Waals surface area contributed by atoms with Crippen LogP contribution in [0.4, 0.5) is 0 Å². The lowest BCUT2D eigenvalue weighted by Crippen LogP contribution is -2.32. The molecule has 0 saturated heterocycles. The van der Waals surface area contributed by atoms with Gasteiger partial charge in [0, 0.05) is 30.8 Å². The number of aryl methyl sites for hydroxylation is 2. The van der Waals surface area contributed by atoms with E-state index in [4.69, 9.17) is 0 Å². The van der Waals surface area contributed by atoms with E-state index in [2.05, 4.69) is 5.32 Å². The second-order valence-corrected chi connectivity index (χ2v) is 4.16. The molecular weight excluding hydrogens is 204 g/mol. The Morgan fingerprint density at radius 2 is 2.19 bits per heavy atom. The molecule has 0 aromatic carbocycles. The third-order valence-corrected chi connectivity index (χ3v) is 2.24. The zero-order valence-electron chi connectivity index (χ0n) is 9.99. The van der Waals surface area contributed by atoms with Crippen molar-refractivity contribution in [2.45, 2.75) is 39.8 Å². The van der Waals surface area contributed by atoms with E-state index in [1.54, 1.807) is 23.8 Å². The number of nitrogens with one attached hydrogen (secondary N) is 1. The maximum absolute atomic E-state index is 11.6. The van der Waals surface area contributed by atoms with E-state index in [9.17, 15) is 9.59 Å². The minimum Gasteiger partial charge on any atom is -0.354 e. The quantitative estimate of drug-likeness (QED) is 0.828. The SMILES string of the molecule is Cc1cccn(CCC(=O)NC(C)C)c1=O. The maximum atomic E-state index is 11.6. The molecule has 0 atom stereocenters. The van der Waals surface area contributed by atoms with Crippen LogP contribution in [-0.4, -0.2) is 16.5 Å². The second kappa shape index (κ2) is 5.49. The number of pyridine rings is 1. The summed E-state index contributed by atoms with van der Waals surface area (Å²) in [5.74, 6) is -0.0246. The Balaban J connectivity index is 2.58. The smallest absolute Gasteiger partial charge is 0.253 e. The molecule has 0 saturated carbocycles. The van der Waals surface area contributed by atoms with E-state index in [1.807, 2.05) is 19.9 Å². The molecule has 0 aliphatic rings. The van der Waals surface area contributed by atoms with E-state index in [-0.39, 0.29) is 17.5 Å². The summed E-state index contributed by atoms with van der Waals surface area (Å²) in [6.45, 7) is 6.03. The second-order valence-electron chi connectivity index (χ2n) is 4.16. The highest BCUT2D eigenvalue weighted by molar-refractivity contribution is 5.76. The molecule has 1 aromatic heterocycles. The van der Waals surface area contributed by atoms with Crippen LogP contribution in [0.25, 0.3) is 0 Å². The third-order valence-electron chi connectivity index (χ3n) is 2.24. The molecule has 4 nitrogen and oxygen atoms in total. The fourth-order valence-corrected chi connectivity index (χ4v) is 1.45.